The van der Waals surface area contributed by atoms with E-state index in [1.54, 1.807) is 23.1 Å². The Kier molecular flexibility index (Phi) is 6.38. The number of carbonyl (C=O) groups is 2. The summed E-state index contributed by atoms with van der Waals surface area (Å²) in [6.45, 7) is 1.89. The first-order valence-corrected chi connectivity index (χ1v) is 8.90. The number of nitrogens with one attached hydrogen (secondary N) is 1. The number of benzene rings is 2. The van der Waals surface area contributed by atoms with Crippen molar-refractivity contribution in [3.8, 4) is 5.75 Å². The van der Waals surface area contributed by atoms with Crippen molar-refractivity contribution in [2.24, 2.45) is 0 Å². The molecule has 2 amide bonds. The minimum absolute atomic E-state index is 0.0896. The zero-order valence-corrected chi connectivity index (χ0v) is 15.4. The predicted octanol–water partition coefficient (Wildman–Crippen LogP) is 3.20. The Balaban J connectivity index is 1.57. The van der Waals surface area contributed by atoms with Crippen molar-refractivity contribution in [3.63, 3.8) is 0 Å². The standard InChI is InChI=1S/C20H19F3N2O4/c21-20(22,23)15-6-4-14(5-7-15)19(27)24-16-2-1-3-17(12-16)29-13-18(26)25-8-10-28-11-9-25/h1-7,12H,8-11,13H2,(H,24,27). The van der Waals surface area contributed by atoms with E-state index in [9.17, 15) is 22.8 Å². The maximum atomic E-state index is 12.6. The summed E-state index contributed by atoms with van der Waals surface area (Å²) in [6.07, 6.45) is -4.46. The summed E-state index contributed by atoms with van der Waals surface area (Å²) < 4.78 is 48.5. The summed E-state index contributed by atoms with van der Waals surface area (Å²) in [7, 11) is 0. The van der Waals surface area contributed by atoms with Crippen molar-refractivity contribution in [1.82, 2.24) is 4.90 Å². The molecule has 0 aromatic heterocycles. The molecule has 0 spiro atoms. The highest BCUT2D eigenvalue weighted by Crippen LogP contribution is 2.29. The highest BCUT2D eigenvalue weighted by molar-refractivity contribution is 6.04. The first kappa shape index (κ1) is 20.7. The average Bonchev–Trinajstić information content (AvgIpc) is 2.72. The summed E-state index contributed by atoms with van der Waals surface area (Å²) in [4.78, 5) is 26.0. The molecule has 0 aliphatic carbocycles. The van der Waals surface area contributed by atoms with Crippen molar-refractivity contribution < 1.29 is 32.2 Å². The molecule has 3 rings (SSSR count). The van der Waals surface area contributed by atoms with Crippen molar-refractivity contribution in [2.75, 3.05) is 38.2 Å². The second-order valence-electron chi connectivity index (χ2n) is 6.34. The molecular weight excluding hydrogens is 389 g/mol. The summed E-state index contributed by atoms with van der Waals surface area (Å²) in [6, 6.07) is 10.3. The van der Waals surface area contributed by atoms with Gasteiger partial charge in [0.2, 0.25) is 0 Å². The van der Waals surface area contributed by atoms with Gasteiger partial charge in [-0.2, -0.15) is 13.2 Å². The zero-order valence-electron chi connectivity index (χ0n) is 15.4. The van der Waals surface area contributed by atoms with Gasteiger partial charge in [0.05, 0.1) is 18.8 Å². The van der Waals surface area contributed by atoms with Gasteiger partial charge < -0.3 is 19.7 Å². The molecule has 154 valence electrons. The van der Waals surface area contributed by atoms with E-state index < -0.39 is 17.6 Å². The van der Waals surface area contributed by atoms with E-state index in [-0.39, 0.29) is 18.1 Å². The molecule has 1 heterocycles. The van der Waals surface area contributed by atoms with Crippen LogP contribution in [0.5, 0.6) is 5.75 Å². The lowest BCUT2D eigenvalue weighted by atomic mass is 10.1. The minimum atomic E-state index is -4.46. The van der Waals surface area contributed by atoms with Crippen LogP contribution >= 0.6 is 0 Å². The summed E-state index contributed by atoms with van der Waals surface area (Å²) >= 11 is 0. The average molecular weight is 408 g/mol. The van der Waals surface area contributed by atoms with Crippen LogP contribution in [0.15, 0.2) is 48.5 Å². The van der Waals surface area contributed by atoms with E-state index in [1.807, 2.05) is 0 Å². The van der Waals surface area contributed by atoms with E-state index in [0.717, 1.165) is 24.3 Å². The van der Waals surface area contributed by atoms with Crippen LogP contribution < -0.4 is 10.1 Å². The Labute approximate surface area is 165 Å². The summed E-state index contributed by atoms with van der Waals surface area (Å²) in [5.41, 5.74) is -0.340. The molecule has 0 unspecified atom stereocenters. The third kappa shape index (κ3) is 5.71. The van der Waals surface area contributed by atoms with Crippen LogP contribution in [0.1, 0.15) is 15.9 Å². The van der Waals surface area contributed by atoms with E-state index in [0.29, 0.717) is 37.7 Å². The number of morpholine rings is 1. The molecule has 2 aromatic rings. The monoisotopic (exact) mass is 408 g/mol. The van der Waals surface area contributed by atoms with Crippen LogP contribution in [0.25, 0.3) is 0 Å². The minimum Gasteiger partial charge on any atom is -0.484 e. The largest absolute Gasteiger partial charge is 0.484 e. The quantitative estimate of drug-likeness (QED) is 0.825. The maximum absolute atomic E-state index is 12.6. The number of halogens is 3. The smallest absolute Gasteiger partial charge is 0.416 e. The van der Waals surface area contributed by atoms with Crippen molar-refractivity contribution in [1.29, 1.82) is 0 Å². The number of rotatable bonds is 5. The van der Waals surface area contributed by atoms with Gasteiger partial charge in [0.1, 0.15) is 5.75 Å². The number of anilines is 1. The van der Waals surface area contributed by atoms with Gasteiger partial charge in [-0.3, -0.25) is 9.59 Å². The molecule has 9 heteroatoms. The summed E-state index contributed by atoms with van der Waals surface area (Å²) in [5, 5.41) is 2.60. The fourth-order valence-corrected chi connectivity index (χ4v) is 2.73. The fraction of sp³-hybridized carbons (Fsp3) is 0.300. The molecule has 1 N–H and O–H groups in total. The van der Waals surface area contributed by atoms with Crippen LogP contribution in [0.3, 0.4) is 0 Å². The van der Waals surface area contributed by atoms with Gasteiger partial charge in [-0.05, 0) is 36.4 Å². The fourth-order valence-electron chi connectivity index (χ4n) is 2.73. The van der Waals surface area contributed by atoms with Crippen LogP contribution in [0, 0.1) is 0 Å². The van der Waals surface area contributed by atoms with Gasteiger partial charge in [-0.15, -0.1) is 0 Å². The van der Waals surface area contributed by atoms with Gasteiger partial charge in [-0.25, -0.2) is 0 Å². The number of alkyl halides is 3. The SMILES string of the molecule is O=C(Nc1cccc(OCC(=O)N2CCOCC2)c1)c1ccc(C(F)(F)F)cc1. The Bertz CT molecular complexity index is 863. The molecule has 2 aromatic carbocycles. The lowest BCUT2D eigenvalue weighted by Gasteiger charge is -2.26. The number of hydrogen-bond acceptors (Lipinski definition) is 4. The van der Waals surface area contributed by atoms with E-state index in [2.05, 4.69) is 5.32 Å². The summed E-state index contributed by atoms with van der Waals surface area (Å²) in [5.74, 6) is -0.329. The highest BCUT2D eigenvalue weighted by Gasteiger charge is 2.30. The van der Waals surface area contributed by atoms with Crippen LogP contribution in [0.2, 0.25) is 0 Å². The Morgan fingerprint density at radius 3 is 2.41 bits per heavy atom. The third-order valence-electron chi connectivity index (χ3n) is 4.29. The normalized spacial score (nSPS) is 14.4. The molecule has 1 aliphatic rings. The lowest BCUT2D eigenvalue weighted by Crippen LogP contribution is -2.42. The number of carbonyl (C=O) groups excluding carboxylic acids is 2. The molecule has 29 heavy (non-hydrogen) atoms. The Morgan fingerprint density at radius 2 is 1.76 bits per heavy atom. The zero-order chi connectivity index (χ0) is 20.9. The van der Waals surface area contributed by atoms with E-state index >= 15 is 0 Å². The van der Waals surface area contributed by atoms with Crippen molar-refractivity contribution in [2.45, 2.75) is 6.18 Å². The molecule has 0 bridgehead atoms. The first-order chi connectivity index (χ1) is 13.8. The third-order valence-corrected chi connectivity index (χ3v) is 4.29. The molecule has 1 saturated heterocycles. The van der Waals surface area contributed by atoms with Gasteiger partial charge in [0, 0.05) is 30.4 Å². The second-order valence-corrected chi connectivity index (χ2v) is 6.34. The predicted molar refractivity (Wildman–Crippen MR) is 98.7 cm³/mol. The van der Waals surface area contributed by atoms with Crippen molar-refractivity contribution in [3.05, 3.63) is 59.7 Å². The Hall–Kier alpha value is -3.07. The molecule has 0 radical (unpaired) electrons. The van der Waals surface area contributed by atoms with Crippen LogP contribution in [-0.4, -0.2) is 49.6 Å². The molecule has 0 saturated carbocycles. The number of nitrogens with zero attached hydrogens (tertiary/aromatic N) is 1. The van der Waals surface area contributed by atoms with E-state index in [1.165, 1.54) is 6.07 Å². The second kappa shape index (κ2) is 8.95. The number of hydrogen-bond donors (Lipinski definition) is 1. The highest BCUT2D eigenvalue weighted by atomic mass is 19.4. The van der Waals surface area contributed by atoms with Crippen LogP contribution in [0.4, 0.5) is 18.9 Å². The van der Waals surface area contributed by atoms with Gasteiger partial charge in [0.25, 0.3) is 11.8 Å². The molecule has 0 atom stereocenters. The molecule has 6 nitrogen and oxygen atoms in total. The molecule has 1 fully saturated rings. The number of ether oxygens (including phenoxy) is 2. The van der Waals surface area contributed by atoms with Gasteiger partial charge in [0.15, 0.2) is 6.61 Å². The molecular formula is C20H19F3N2O4. The van der Waals surface area contributed by atoms with Crippen molar-refractivity contribution >= 4 is 17.5 Å². The van der Waals surface area contributed by atoms with Crippen LogP contribution in [-0.2, 0) is 15.7 Å². The topological polar surface area (TPSA) is 67.9 Å². The van der Waals surface area contributed by atoms with Gasteiger partial charge in [-0.1, -0.05) is 6.07 Å². The Morgan fingerprint density at radius 1 is 1.07 bits per heavy atom. The number of amides is 2. The molecule has 1 aliphatic heterocycles. The first-order valence-electron chi connectivity index (χ1n) is 8.90. The van der Waals surface area contributed by atoms with Gasteiger partial charge >= 0.3 is 6.18 Å². The lowest BCUT2D eigenvalue weighted by molar-refractivity contribution is -0.138. The van der Waals surface area contributed by atoms with E-state index in [4.69, 9.17) is 9.47 Å². The maximum Gasteiger partial charge on any atom is 0.416 e.